The van der Waals surface area contributed by atoms with Crippen LogP contribution >= 0.6 is 0 Å². The average Bonchev–Trinajstić information content (AvgIpc) is 3.15. The highest BCUT2D eigenvalue weighted by Gasteiger charge is 2.39. The van der Waals surface area contributed by atoms with Crippen LogP contribution in [0.3, 0.4) is 0 Å². The van der Waals surface area contributed by atoms with Gasteiger partial charge in [-0.25, -0.2) is 0 Å². The number of aryl methyl sites for hydroxylation is 3. The Balaban J connectivity index is 1.84. The summed E-state index contributed by atoms with van der Waals surface area (Å²) in [5.41, 5.74) is 10.2. The van der Waals surface area contributed by atoms with Gasteiger partial charge in [0.15, 0.2) is 0 Å². The molecule has 0 radical (unpaired) electrons. The number of rotatable bonds is 4. The number of primary amides is 1. The Morgan fingerprint density at radius 3 is 2.43 bits per heavy atom. The monoisotopic (exact) mass is 316 g/mol. The molecule has 0 aromatic carbocycles. The molecule has 1 aliphatic heterocycles. The molecule has 2 aromatic heterocycles. The zero-order valence-corrected chi connectivity index (χ0v) is 14.2. The van der Waals surface area contributed by atoms with Gasteiger partial charge in [-0.15, -0.1) is 0 Å². The van der Waals surface area contributed by atoms with Gasteiger partial charge in [-0.1, -0.05) is 0 Å². The summed E-state index contributed by atoms with van der Waals surface area (Å²) in [5.74, 6) is -0.302. The van der Waals surface area contributed by atoms with Crippen LogP contribution < -0.4 is 5.73 Å². The third kappa shape index (κ3) is 2.76. The zero-order valence-electron chi connectivity index (χ0n) is 14.2. The minimum absolute atomic E-state index is 0.106. The molecule has 1 amide bonds. The summed E-state index contributed by atoms with van der Waals surface area (Å²) in [6.07, 6.45) is 3.74. The van der Waals surface area contributed by atoms with Crippen molar-refractivity contribution in [2.24, 2.45) is 25.7 Å². The largest absolute Gasteiger partial charge is 0.369 e. The van der Waals surface area contributed by atoms with Crippen LogP contribution in [0.2, 0.25) is 0 Å². The first-order valence-corrected chi connectivity index (χ1v) is 7.86. The topological polar surface area (TPSA) is 82.0 Å². The smallest absolute Gasteiger partial charge is 0.222 e. The van der Waals surface area contributed by atoms with Crippen LogP contribution in [-0.2, 0) is 25.4 Å². The van der Waals surface area contributed by atoms with Crippen LogP contribution in [0.5, 0.6) is 0 Å². The molecule has 124 valence electrons. The number of carbonyl (C=O) groups is 1. The number of aromatic nitrogens is 4. The molecule has 2 aromatic rings. The lowest BCUT2D eigenvalue weighted by Gasteiger charge is -2.16. The van der Waals surface area contributed by atoms with Gasteiger partial charge in [0, 0.05) is 45.3 Å². The number of amides is 1. The molecule has 2 atom stereocenters. The van der Waals surface area contributed by atoms with Crippen molar-refractivity contribution in [3.63, 3.8) is 0 Å². The van der Waals surface area contributed by atoms with Crippen molar-refractivity contribution in [2.75, 3.05) is 13.1 Å². The lowest BCUT2D eigenvalue weighted by atomic mass is 9.89. The molecule has 1 saturated heterocycles. The number of likely N-dealkylation sites (tertiary alicyclic amines) is 1. The SMILES string of the molecule is Cc1cnn(C)c1CN1C[C@H](C(N)=O)[C@@H](c2cnn(C)c2C)C1. The van der Waals surface area contributed by atoms with Crippen molar-refractivity contribution in [3.05, 3.63) is 34.9 Å². The van der Waals surface area contributed by atoms with Crippen LogP contribution in [0, 0.1) is 19.8 Å². The second-order valence-electron chi connectivity index (χ2n) is 6.52. The maximum atomic E-state index is 11.9. The van der Waals surface area contributed by atoms with E-state index in [-0.39, 0.29) is 17.7 Å². The Bertz CT molecular complexity index is 712. The molecule has 0 unspecified atom stereocenters. The first-order valence-electron chi connectivity index (χ1n) is 7.86. The molecule has 0 aliphatic carbocycles. The summed E-state index contributed by atoms with van der Waals surface area (Å²) in [6.45, 7) is 6.37. The van der Waals surface area contributed by atoms with Gasteiger partial charge in [-0.3, -0.25) is 19.1 Å². The molecule has 7 heteroatoms. The van der Waals surface area contributed by atoms with Crippen molar-refractivity contribution in [1.29, 1.82) is 0 Å². The van der Waals surface area contributed by atoms with Crippen molar-refractivity contribution >= 4 is 5.91 Å². The molecule has 0 spiro atoms. The minimum Gasteiger partial charge on any atom is -0.369 e. The van der Waals surface area contributed by atoms with Gasteiger partial charge in [0.05, 0.1) is 24.0 Å². The summed E-state index contributed by atoms with van der Waals surface area (Å²) in [5, 5.41) is 8.61. The highest BCUT2D eigenvalue weighted by Crippen LogP contribution is 2.34. The normalized spacial score (nSPS) is 21.9. The van der Waals surface area contributed by atoms with E-state index in [0.29, 0.717) is 6.54 Å². The lowest BCUT2D eigenvalue weighted by Crippen LogP contribution is -2.29. The van der Waals surface area contributed by atoms with Gasteiger partial charge in [-0.2, -0.15) is 10.2 Å². The van der Waals surface area contributed by atoms with Crippen LogP contribution in [-0.4, -0.2) is 43.5 Å². The highest BCUT2D eigenvalue weighted by molar-refractivity contribution is 5.78. The number of hydrogen-bond acceptors (Lipinski definition) is 4. The molecule has 0 saturated carbocycles. The zero-order chi connectivity index (χ0) is 16.7. The Morgan fingerprint density at radius 2 is 1.91 bits per heavy atom. The minimum atomic E-state index is -0.234. The van der Waals surface area contributed by atoms with Crippen LogP contribution in [0.15, 0.2) is 12.4 Å². The van der Waals surface area contributed by atoms with E-state index in [4.69, 9.17) is 5.73 Å². The summed E-state index contributed by atoms with van der Waals surface area (Å²) >= 11 is 0. The molecule has 0 bridgehead atoms. The van der Waals surface area contributed by atoms with Gasteiger partial charge in [-0.05, 0) is 25.0 Å². The fourth-order valence-electron chi connectivity index (χ4n) is 3.51. The molecule has 3 rings (SSSR count). The standard InChI is InChI=1S/C16H24N6O/c1-10-5-18-21(4)15(10)9-22-7-13(14(8-22)16(17)23)12-6-19-20(3)11(12)2/h5-6,13-14H,7-9H2,1-4H3,(H2,17,23)/t13-,14+/m1/s1. The van der Waals surface area contributed by atoms with Gasteiger partial charge >= 0.3 is 0 Å². The second-order valence-corrected chi connectivity index (χ2v) is 6.52. The van der Waals surface area contributed by atoms with Gasteiger partial charge < -0.3 is 5.73 Å². The van der Waals surface area contributed by atoms with Crippen LogP contribution in [0.4, 0.5) is 0 Å². The predicted octanol–water partition coefficient (Wildman–Crippen LogP) is 0.471. The summed E-state index contributed by atoms with van der Waals surface area (Å²) in [6, 6.07) is 0. The molecular weight excluding hydrogens is 292 g/mol. The molecule has 1 fully saturated rings. The van der Waals surface area contributed by atoms with Crippen molar-refractivity contribution in [1.82, 2.24) is 24.5 Å². The van der Waals surface area contributed by atoms with Gasteiger partial charge in [0.25, 0.3) is 0 Å². The maximum absolute atomic E-state index is 11.9. The predicted molar refractivity (Wildman–Crippen MR) is 86.6 cm³/mol. The average molecular weight is 316 g/mol. The third-order valence-electron chi connectivity index (χ3n) is 5.08. The highest BCUT2D eigenvalue weighted by atomic mass is 16.1. The number of hydrogen-bond donors (Lipinski definition) is 1. The maximum Gasteiger partial charge on any atom is 0.222 e. The third-order valence-corrected chi connectivity index (χ3v) is 5.08. The molecular formula is C16H24N6O. The molecule has 3 heterocycles. The Kier molecular flexibility index (Phi) is 3.97. The van der Waals surface area contributed by atoms with E-state index < -0.39 is 0 Å². The lowest BCUT2D eigenvalue weighted by molar-refractivity contribution is -0.121. The molecule has 7 nitrogen and oxygen atoms in total. The van der Waals surface area contributed by atoms with Crippen LogP contribution in [0.1, 0.15) is 28.4 Å². The van der Waals surface area contributed by atoms with Crippen molar-refractivity contribution in [2.45, 2.75) is 26.3 Å². The van der Waals surface area contributed by atoms with E-state index in [1.807, 2.05) is 42.8 Å². The quantitative estimate of drug-likeness (QED) is 0.889. The van der Waals surface area contributed by atoms with E-state index in [0.717, 1.165) is 24.3 Å². The molecule has 2 N–H and O–H groups in total. The van der Waals surface area contributed by atoms with Gasteiger partial charge in [0.2, 0.25) is 5.91 Å². The van der Waals surface area contributed by atoms with E-state index >= 15 is 0 Å². The summed E-state index contributed by atoms with van der Waals surface area (Å²) < 4.78 is 3.75. The van der Waals surface area contributed by atoms with E-state index in [9.17, 15) is 4.79 Å². The van der Waals surface area contributed by atoms with Gasteiger partial charge in [0.1, 0.15) is 0 Å². The Morgan fingerprint density at radius 1 is 1.22 bits per heavy atom. The summed E-state index contributed by atoms with van der Waals surface area (Å²) in [7, 11) is 3.87. The fourth-order valence-corrected chi connectivity index (χ4v) is 3.51. The second kappa shape index (κ2) is 5.81. The Hall–Kier alpha value is -2.15. The van der Waals surface area contributed by atoms with E-state index in [1.54, 1.807) is 0 Å². The number of nitrogens with two attached hydrogens (primary N) is 1. The van der Waals surface area contributed by atoms with Crippen molar-refractivity contribution < 1.29 is 4.79 Å². The molecule has 1 aliphatic rings. The fraction of sp³-hybridized carbons (Fsp3) is 0.562. The number of carbonyl (C=O) groups excluding carboxylic acids is 1. The van der Waals surface area contributed by atoms with Crippen molar-refractivity contribution in [3.8, 4) is 0 Å². The number of nitrogens with zero attached hydrogens (tertiary/aromatic N) is 5. The summed E-state index contributed by atoms with van der Waals surface area (Å²) in [4.78, 5) is 14.2. The van der Waals surface area contributed by atoms with Crippen LogP contribution in [0.25, 0.3) is 0 Å². The molecule has 23 heavy (non-hydrogen) atoms. The first kappa shape index (κ1) is 15.7. The first-order chi connectivity index (χ1) is 10.9. The van der Waals surface area contributed by atoms with E-state index in [1.165, 1.54) is 11.3 Å². The van der Waals surface area contributed by atoms with E-state index in [2.05, 4.69) is 22.0 Å². The Labute approximate surface area is 136 Å².